The van der Waals surface area contributed by atoms with Gasteiger partial charge in [-0.05, 0) is 26.5 Å². The lowest BCUT2D eigenvalue weighted by Gasteiger charge is -2.19. The third-order valence-corrected chi connectivity index (χ3v) is 2.93. The van der Waals surface area contributed by atoms with Crippen molar-refractivity contribution >= 4 is 0 Å². The van der Waals surface area contributed by atoms with Gasteiger partial charge in [0, 0.05) is 18.7 Å². The molecule has 1 N–H and O–H groups in total. The van der Waals surface area contributed by atoms with Crippen molar-refractivity contribution < 1.29 is 9.47 Å². The second-order valence-corrected chi connectivity index (χ2v) is 4.14. The van der Waals surface area contributed by atoms with E-state index >= 15 is 0 Å². The predicted octanol–water partition coefficient (Wildman–Crippen LogP) is 2.77. The van der Waals surface area contributed by atoms with Crippen molar-refractivity contribution in [1.82, 2.24) is 5.32 Å². The van der Waals surface area contributed by atoms with Gasteiger partial charge in [0.1, 0.15) is 12.4 Å². The minimum Gasteiger partial charge on any atom is -0.491 e. The summed E-state index contributed by atoms with van der Waals surface area (Å²) in [5, 5.41) is 3.30. The van der Waals surface area contributed by atoms with Crippen LogP contribution in [-0.4, -0.2) is 26.9 Å². The molecule has 17 heavy (non-hydrogen) atoms. The first-order chi connectivity index (χ1) is 8.22. The van der Waals surface area contributed by atoms with Crippen molar-refractivity contribution in [3.8, 4) is 5.75 Å². The van der Waals surface area contributed by atoms with Crippen LogP contribution in [0.25, 0.3) is 0 Å². The van der Waals surface area contributed by atoms with E-state index < -0.39 is 0 Å². The largest absolute Gasteiger partial charge is 0.491 e. The van der Waals surface area contributed by atoms with Crippen molar-refractivity contribution in [2.24, 2.45) is 0 Å². The molecule has 2 atom stereocenters. The Kier molecular flexibility index (Phi) is 6.01. The molecule has 0 aliphatic carbocycles. The molecular formula is C14H23NO2. The molecule has 0 radical (unpaired) electrons. The first-order valence-corrected chi connectivity index (χ1v) is 6.14. The maximum atomic E-state index is 5.81. The molecule has 0 saturated heterocycles. The zero-order valence-corrected chi connectivity index (χ0v) is 11.2. The first-order valence-electron chi connectivity index (χ1n) is 6.14. The lowest BCUT2D eigenvalue weighted by molar-refractivity contribution is 0.0711. The van der Waals surface area contributed by atoms with E-state index in [0.29, 0.717) is 12.6 Å². The Balaban J connectivity index is 2.76. The van der Waals surface area contributed by atoms with Crippen LogP contribution in [0.5, 0.6) is 5.75 Å². The van der Waals surface area contributed by atoms with Crippen molar-refractivity contribution in [3.05, 3.63) is 29.8 Å². The topological polar surface area (TPSA) is 30.5 Å². The molecule has 0 spiro atoms. The molecule has 0 saturated carbocycles. The molecule has 0 amide bonds. The maximum absolute atomic E-state index is 5.81. The quantitative estimate of drug-likeness (QED) is 0.791. The summed E-state index contributed by atoms with van der Waals surface area (Å²) in [5.41, 5.74) is 1.21. The molecule has 1 rings (SSSR count). The number of hydrogen-bond acceptors (Lipinski definition) is 3. The lowest BCUT2D eigenvalue weighted by Crippen LogP contribution is -2.19. The van der Waals surface area contributed by atoms with Gasteiger partial charge in [-0.1, -0.05) is 25.1 Å². The van der Waals surface area contributed by atoms with Gasteiger partial charge in [-0.15, -0.1) is 0 Å². The minimum atomic E-state index is 0.109. The van der Waals surface area contributed by atoms with E-state index in [0.717, 1.165) is 12.2 Å². The van der Waals surface area contributed by atoms with Gasteiger partial charge in [-0.3, -0.25) is 0 Å². The van der Waals surface area contributed by atoms with Gasteiger partial charge in [0.25, 0.3) is 0 Å². The SMILES string of the molecule is CCC(NC)c1ccccc1OCC(C)OC. The Morgan fingerprint density at radius 2 is 2.00 bits per heavy atom. The second kappa shape index (κ2) is 7.30. The molecule has 96 valence electrons. The number of ether oxygens (including phenoxy) is 2. The van der Waals surface area contributed by atoms with Gasteiger partial charge in [0.2, 0.25) is 0 Å². The highest BCUT2D eigenvalue weighted by molar-refractivity contribution is 5.35. The monoisotopic (exact) mass is 237 g/mol. The van der Waals surface area contributed by atoms with Crippen molar-refractivity contribution in [3.63, 3.8) is 0 Å². The molecular weight excluding hydrogens is 214 g/mol. The fourth-order valence-corrected chi connectivity index (χ4v) is 1.75. The smallest absolute Gasteiger partial charge is 0.124 e. The van der Waals surface area contributed by atoms with Gasteiger partial charge in [-0.25, -0.2) is 0 Å². The molecule has 0 aliphatic heterocycles. The second-order valence-electron chi connectivity index (χ2n) is 4.14. The summed E-state index contributed by atoms with van der Waals surface area (Å²) in [6, 6.07) is 8.50. The van der Waals surface area contributed by atoms with Crippen LogP contribution in [0, 0.1) is 0 Å². The maximum Gasteiger partial charge on any atom is 0.124 e. The van der Waals surface area contributed by atoms with Gasteiger partial charge in [-0.2, -0.15) is 0 Å². The Bertz CT molecular complexity index is 324. The first kappa shape index (κ1) is 14.0. The summed E-state index contributed by atoms with van der Waals surface area (Å²) in [6.45, 7) is 4.74. The Labute approximate surface area is 104 Å². The molecule has 3 heteroatoms. The van der Waals surface area contributed by atoms with Crippen LogP contribution in [0.15, 0.2) is 24.3 Å². The molecule has 1 aromatic carbocycles. The molecule has 0 aliphatic rings. The number of rotatable bonds is 7. The predicted molar refractivity (Wildman–Crippen MR) is 70.5 cm³/mol. The van der Waals surface area contributed by atoms with Crippen LogP contribution in [0.1, 0.15) is 31.9 Å². The molecule has 3 nitrogen and oxygen atoms in total. The lowest BCUT2D eigenvalue weighted by atomic mass is 10.0. The van der Waals surface area contributed by atoms with Crippen LogP contribution in [-0.2, 0) is 4.74 Å². The minimum absolute atomic E-state index is 0.109. The highest BCUT2D eigenvalue weighted by Crippen LogP contribution is 2.26. The number of benzene rings is 1. The van der Waals surface area contributed by atoms with Gasteiger partial charge in [0.05, 0.1) is 6.10 Å². The summed E-state index contributed by atoms with van der Waals surface area (Å²) in [4.78, 5) is 0. The van der Waals surface area contributed by atoms with Crippen molar-refractivity contribution in [2.45, 2.75) is 32.4 Å². The Morgan fingerprint density at radius 3 is 2.59 bits per heavy atom. The number of hydrogen-bond donors (Lipinski definition) is 1. The average Bonchev–Trinajstić information content (AvgIpc) is 2.38. The Hall–Kier alpha value is -1.06. The molecule has 1 aromatic rings. The average molecular weight is 237 g/mol. The zero-order valence-electron chi connectivity index (χ0n) is 11.2. The van der Waals surface area contributed by atoms with E-state index in [1.807, 2.05) is 32.2 Å². The van der Waals surface area contributed by atoms with E-state index in [-0.39, 0.29) is 6.10 Å². The summed E-state index contributed by atoms with van der Waals surface area (Å²) >= 11 is 0. The van der Waals surface area contributed by atoms with Gasteiger partial charge in [0.15, 0.2) is 0 Å². The van der Waals surface area contributed by atoms with Gasteiger partial charge < -0.3 is 14.8 Å². The van der Waals surface area contributed by atoms with Crippen LogP contribution < -0.4 is 10.1 Å². The molecule has 0 heterocycles. The van der Waals surface area contributed by atoms with Crippen LogP contribution in [0.4, 0.5) is 0 Å². The molecule has 2 unspecified atom stereocenters. The normalized spacial score (nSPS) is 14.4. The fraction of sp³-hybridized carbons (Fsp3) is 0.571. The standard InChI is InChI=1S/C14H23NO2/c1-5-13(15-3)12-8-6-7-9-14(12)17-10-11(2)16-4/h6-9,11,13,15H,5,10H2,1-4H3. The van der Waals surface area contributed by atoms with Gasteiger partial charge >= 0.3 is 0 Å². The number of para-hydroxylation sites is 1. The number of nitrogens with one attached hydrogen (secondary N) is 1. The van der Waals surface area contributed by atoms with Crippen molar-refractivity contribution in [1.29, 1.82) is 0 Å². The third kappa shape index (κ3) is 4.02. The highest BCUT2D eigenvalue weighted by atomic mass is 16.5. The van der Waals surface area contributed by atoms with Crippen LogP contribution in [0.3, 0.4) is 0 Å². The van der Waals surface area contributed by atoms with E-state index in [1.165, 1.54) is 5.56 Å². The molecule has 0 fully saturated rings. The van der Waals surface area contributed by atoms with E-state index in [2.05, 4.69) is 18.3 Å². The van der Waals surface area contributed by atoms with E-state index in [1.54, 1.807) is 7.11 Å². The Morgan fingerprint density at radius 1 is 1.29 bits per heavy atom. The fourth-order valence-electron chi connectivity index (χ4n) is 1.75. The summed E-state index contributed by atoms with van der Waals surface area (Å²) in [6.07, 6.45) is 1.15. The highest BCUT2D eigenvalue weighted by Gasteiger charge is 2.12. The van der Waals surface area contributed by atoms with Crippen molar-refractivity contribution in [2.75, 3.05) is 20.8 Å². The zero-order chi connectivity index (χ0) is 12.7. The summed E-state index contributed by atoms with van der Waals surface area (Å²) in [5.74, 6) is 0.942. The van der Waals surface area contributed by atoms with E-state index in [9.17, 15) is 0 Å². The molecule has 0 bridgehead atoms. The van der Waals surface area contributed by atoms with Crippen LogP contribution >= 0.6 is 0 Å². The van der Waals surface area contributed by atoms with Crippen LogP contribution in [0.2, 0.25) is 0 Å². The number of methoxy groups -OCH3 is 1. The molecule has 0 aromatic heterocycles. The van der Waals surface area contributed by atoms with E-state index in [4.69, 9.17) is 9.47 Å². The third-order valence-electron chi connectivity index (χ3n) is 2.93. The summed E-state index contributed by atoms with van der Waals surface area (Å²) < 4.78 is 11.0. The summed E-state index contributed by atoms with van der Waals surface area (Å²) in [7, 11) is 3.67.